The number of carbonyl (C=O) groups excluding carboxylic acids is 3. The lowest BCUT2D eigenvalue weighted by Crippen LogP contribution is -2.47. The first-order chi connectivity index (χ1) is 12.1. The number of Topliss-reactive ketones (excluding diaryl/α,β-unsaturated/α-hetero) is 1. The summed E-state index contributed by atoms with van der Waals surface area (Å²) >= 11 is 0. The van der Waals surface area contributed by atoms with Crippen LogP contribution in [0.25, 0.3) is 0 Å². The lowest BCUT2D eigenvalue weighted by Gasteiger charge is -2.26. The third kappa shape index (κ3) is 8.14. The first kappa shape index (κ1) is 21.7. The number of benzene rings is 1. The van der Waals surface area contributed by atoms with Crippen molar-refractivity contribution >= 4 is 17.8 Å². The van der Waals surface area contributed by atoms with Gasteiger partial charge in [-0.15, -0.1) is 0 Å². The quantitative estimate of drug-likeness (QED) is 0.563. The second-order valence-corrected chi connectivity index (χ2v) is 7.30. The summed E-state index contributed by atoms with van der Waals surface area (Å²) in [5.74, 6) is -1.13. The molecule has 6 nitrogen and oxygen atoms in total. The zero-order valence-electron chi connectivity index (χ0n) is 16.2. The molecule has 144 valence electrons. The fourth-order valence-electron chi connectivity index (χ4n) is 2.25. The van der Waals surface area contributed by atoms with Crippen LogP contribution in [0.5, 0.6) is 0 Å². The van der Waals surface area contributed by atoms with Crippen LogP contribution in [0, 0.1) is 5.92 Å². The highest BCUT2D eigenvalue weighted by Gasteiger charge is 2.29. The summed E-state index contributed by atoms with van der Waals surface area (Å²) in [5.41, 5.74) is 0.181. The highest BCUT2D eigenvalue weighted by Crippen LogP contribution is 2.13. The molecular formula is C20H29NO5. The lowest BCUT2D eigenvalue weighted by molar-refractivity contribution is -0.147. The predicted molar refractivity (Wildman–Crippen MR) is 98.5 cm³/mol. The van der Waals surface area contributed by atoms with E-state index < -0.39 is 30.1 Å². The Labute approximate surface area is 155 Å². The Kier molecular flexibility index (Phi) is 8.29. The SMILES string of the molecule is CC[C@H](C)[C@H](NC(=O)OC(C)(C)C)C(=O)CC(=O)OCc1ccccc1. The molecular weight excluding hydrogens is 334 g/mol. The van der Waals surface area contributed by atoms with Gasteiger partial charge in [-0.2, -0.15) is 0 Å². The molecule has 0 fully saturated rings. The minimum Gasteiger partial charge on any atom is -0.460 e. The maximum atomic E-state index is 12.5. The van der Waals surface area contributed by atoms with Crippen LogP contribution in [0.15, 0.2) is 30.3 Å². The second-order valence-electron chi connectivity index (χ2n) is 7.30. The van der Waals surface area contributed by atoms with Gasteiger partial charge in [0.15, 0.2) is 5.78 Å². The fourth-order valence-corrected chi connectivity index (χ4v) is 2.25. The molecule has 0 heterocycles. The van der Waals surface area contributed by atoms with Crippen LogP contribution in [0.1, 0.15) is 53.0 Å². The van der Waals surface area contributed by atoms with Crippen molar-refractivity contribution in [1.82, 2.24) is 5.32 Å². The lowest BCUT2D eigenvalue weighted by atomic mass is 9.94. The summed E-state index contributed by atoms with van der Waals surface area (Å²) in [6, 6.07) is 8.44. The van der Waals surface area contributed by atoms with E-state index >= 15 is 0 Å². The van der Waals surface area contributed by atoms with Gasteiger partial charge in [0.05, 0.1) is 6.04 Å². The van der Waals surface area contributed by atoms with E-state index in [1.54, 1.807) is 20.8 Å². The van der Waals surface area contributed by atoms with Crippen molar-refractivity contribution in [1.29, 1.82) is 0 Å². The molecule has 1 aromatic carbocycles. The molecule has 2 atom stereocenters. The van der Waals surface area contributed by atoms with E-state index in [0.29, 0.717) is 6.42 Å². The summed E-state index contributed by atoms with van der Waals surface area (Å²) in [6.07, 6.45) is -0.392. The molecule has 1 rings (SSSR count). The van der Waals surface area contributed by atoms with Crippen LogP contribution < -0.4 is 5.32 Å². The van der Waals surface area contributed by atoms with Crippen molar-refractivity contribution < 1.29 is 23.9 Å². The molecule has 0 unspecified atom stereocenters. The fraction of sp³-hybridized carbons (Fsp3) is 0.550. The molecule has 0 spiro atoms. The average Bonchev–Trinajstić information content (AvgIpc) is 2.56. The van der Waals surface area contributed by atoms with E-state index in [0.717, 1.165) is 5.56 Å². The number of amides is 1. The molecule has 0 aromatic heterocycles. The molecule has 0 aliphatic carbocycles. The van der Waals surface area contributed by atoms with Crippen LogP contribution in [0.2, 0.25) is 0 Å². The molecule has 0 aliphatic heterocycles. The van der Waals surface area contributed by atoms with E-state index in [2.05, 4.69) is 5.32 Å². The molecule has 1 amide bonds. The van der Waals surface area contributed by atoms with Gasteiger partial charge in [0.25, 0.3) is 0 Å². The van der Waals surface area contributed by atoms with E-state index in [-0.39, 0.29) is 18.3 Å². The zero-order valence-corrected chi connectivity index (χ0v) is 16.2. The highest BCUT2D eigenvalue weighted by molar-refractivity contribution is 5.99. The van der Waals surface area contributed by atoms with Crippen molar-refractivity contribution in [3.05, 3.63) is 35.9 Å². The van der Waals surface area contributed by atoms with Gasteiger partial charge in [-0.3, -0.25) is 9.59 Å². The van der Waals surface area contributed by atoms with E-state index in [1.165, 1.54) is 0 Å². The number of rotatable bonds is 8. The van der Waals surface area contributed by atoms with E-state index in [9.17, 15) is 14.4 Å². The Morgan fingerprint density at radius 1 is 1.12 bits per heavy atom. The molecule has 0 bridgehead atoms. The first-order valence-corrected chi connectivity index (χ1v) is 8.84. The zero-order chi connectivity index (χ0) is 19.7. The van der Waals surface area contributed by atoms with Crippen LogP contribution in [-0.2, 0) is 25.7 Å². The molecule has 1 aromatic rings. The Bertz CT molecular complexity index is 606. The van der Waals surface area contributed by atoms with Gasteiger partial charge in [0.1, 0.15) is 18.6 Å². The minimum atomic E-state index is -0.792. The van der Waals surface area contributed by atoms with Crippen LogP contribution in [0.4, 0.5) is 4.79 Å². The Morgan fingerprint density at radius 2 is 1.73 bits per heavy atom. The average molecular weight is 363 g/mol. The number of alkyl carbamates (subject to hydrolysis) is 1. The van der Waals surface area contributed by atoms with Crippen molar-refractivity contribution in [2.75, 3.05) is 0 Å². The first-order valence-electron chi connectivity index (χ1n) is 8.84. The number of hydrogen-bond donors (Lipinski definition) is 1. The summed E-state index contributed by atoms with van der Waals surface area (Å²) < 4.78 is 10.3. The number of carbonyl (C=O) groups is 3. The number of nitrogens with one attached hydrogen (secondary N) is 1. The highest BCUT2D eigenvalue weighted by atomic mass is 16.6. The maximum absolute atomic E-state index is 12.5. The number of ether oxygens (including phenoxy) is 2. The summed E-state index contributed by atoms with van der Waals surface area (Å²) in [6.45, 7) is 9.10. The maximum Gasteiger partial charge on any atom is 0.408 e. The third-order valence-corrected chi connectivity index (χ3v) is 3.79. The minimum absolute atomic E-state index is 0.112. The van der Waals surface area contributed by atoms with Gasteiger partial charge >= 0.3 is 12.1 Å². The Hall–Kier alpha value is -2.37. The molecule has 0 saturated carbocycles. The van der Waals surface area contributed by atoms with Crippen molar-refractivity contribution in [2.45, 2.75) is 65.7 Å². The summed E-state index contributed by atoms with van der Waals surface area (Å²) in [5, 5.41) is 2.58. The molecule has 1 N–H and O–H groups in total. The van der Waals surface area contributed by atoms with Gasteiger partial charge in [-0.25, -0.2) is 4.79 Å². The molecule has 6 heteroatoms. The van der Waals surface area contributed by atoms with E-state index in [4.69, 9.17) is 9.47 Å². The summed E-state index contributed by atoms with van der Waals surface area (Å²) in [4.78, 5) is 36.5. The van der Waals surface area contributed by atoms with Gasteiger partial charge in [0.2, 0.25) is 0 Å². The van der Waals surface area contributed by atoms with Gasteiger partial charge in [-0.05, 0) is 32.3 Å². The number of esters is 1. The molecule has 0 saturated heterocycles. The van der Waals surface area contributed by atoms with Crippen LogP contribution >= 0.6 is 0 Å². The van der Waals surface area contributed by atoms with Crippen molar-refractivity contribution in [3.63, 3.8) is 0 Å². The van der Waals surface area contributed by atoms with Gasteiger partial charge < -0.3 is 14.8 Å². The molecule has 0 radical (unpaired) electrons. The molecule has 0 aliphatic rings. The second kappa shape index (κ2) is 9.94. The smallest absolute Gasteiger partial charge is 0.408 e. The standard InChI is InChI=1S/C20H29NO5/c1-6-14(2)18(21-19(24)26-20(3,4)5)16(22)12-17(23)25-13-15-10-8-7-9-11-15/h7-11,14,18H,6,12-13H2,1-5H3,(H,21,24)/t14-,18-/m0/s1. The van der Waals surface area contributed by atoms with Crippen molar-refractivity contribution in [2.24, 2.45) is 5.92 Å². The van der Waals surface area contributed by atoms with Crippen LogP contribution in [0.3, 0.4) is 0 Å². The molecule has 26 heavy (non-hydrogen) atoms. The monoisotopic (exact) mass is 363 g/mol. The van der Waals surface area contributed by atoms with Crippen LogP contribution in [-0.4, -0.2) is 29.5 Å². The number of hydrogen-bond acceptors (Lipinski definition) is 5. The summed E-state index contributed by atoms with van der Waals surface area (Å²) in [7, 11) is 0. The van der Waals surface area contributed by atoms with Gasteiger partial charge in [0, 0.05) is 0 Å². The Morgan fingerprint density at radius 3 is 2.27 bits per heavy atom. The normalized spacial score (nSPS) is 13.4. The number of ketones is 1. The Balaban J connectivity index is 2.61. The predicted octanol–water partition coefficient (Wildman–Crippen LogP) is 3.63. The van der Waals surface area contributed by atoms with Crippen molar-refractivity contribution in [3.8, 4) is 0 Å². The largest absolute Gasteiger partial charge is 0.460 e. The van der Waals surface area contributed by atoms with Gasteiger partial charge in [-0.1, -0.05) is 50.6 Å². The third-order valence-electron chi connectivity index (χ3n) is 3.79. The topological polar surface area (TPSA) is 81.7 Å². The van der Waals surface area contributed by atoms with E-state index in [1.807, 2.05) is 44.2 Å².